The van der Waals surface area contributed by atoms with Gasteiger partial charge in [0, 0.05) is 45.9 Å². The van der Waals surface area contributed by atoms with E-state index >= 15 is 0 Å². The van der Waals surface area contributed by atoms with E-state index in [4.69, 9.17) is 4.74 Å². The summed E-state index contributed by atoms with van der Waals surface area (Å²) in [5.74, 6) is 0.496. The number of ether oxygens (including phenoxy) is 1. The Kier molecular flexibility index (Phi) is 7.53. The van der Waals surface area contributed by atoms with Crippen LogP contribution in [-0.4, -0.2) is 80.0 Å². The molecule has 2 aliphatic rings. The first-order valence-corrected chi connectivity index (χ1v) is 12.2. The van der Waals surface area contributed by atoms with Crippen molar-refractivity contribution < 1.29 is 13.2 Å². The molecule has 3 rings (SSSR count). The number of nitrogens with zero attached hydrogens (tertiary/aromatic N) is 4. The number of aromatic nitrogens is 2. The molecular weight excluding hydrogens is 376 g/mol. The van der Waals surface area contributed by atoms with Gasteiger partial charge in [0.1, 0.15) is 0 Å². The smallest absolute Gasteiger partial charge is 0.227 e. The van der Waals surface area contributed by atoms with Gasteiger partial charge in [0.15, 0.2) is 0 Å². The van der Waals surface area contributed by atoms with Crippen molar-refractivity contribution in [3.63, 3.8) is 0 Å². The fraction of sp³-hybridized carbons (Fsp3) is 0.850. The molecule has 1 atom stereocenters. The lowest BCUT2D eigenvalue weighted by molar-refractivity contribution is 0.0972. The van der Waals surface area contributed by atoms with Crippen LogP contribution in [0.25, 0.3) is 0 Å². The zero-order valence-corrected chi connectivity index (χ0v) is 18.5. The molecule has 0 bridgehead atoms. The molecule has 0 aromatic carbocycles. The largest absolute Gasteiger partial charge is 0.383 e. The van der Waals surface area contributed by atoms with E-state index in [1.54, 1.807) is 13.3 Å². The summed E-state index contributed by atoms with van der Waals surface area (Å²) in [5.41, 5.74) is 0.969. The van der Waals surface area contributed by atoms with Gasteiger partial charge in [-0.3, -0.25) is 4.90 Å². The zero-order chi connectivity index (χ0) is 20.1. The predicted molar refractivity (Wildman–Crippen MR) is 110 cm³/mol. The SMILES string of the molecule is COCCn1c(CN2CCN(C)[C@@H](C)C2)cnc1S(=O)(=O)CC1CCCCC1. The first-order chi connectivity index (χ1) is 13.4. The summed E-state index contributed by atoms with van der Waals surface area (Å²) in [6.45, 7) is 6.96. The third-order valence-electron chi connectivity index (χ3n) is 6.31. The van der Waals surface area contributed by atoms with Crippen LogP contribution in [0.15, 0.2) is 11.4 Å². The molecule has 1 aromatic heterocycles. The zero-order valence-electron chi connectivity index (χ0n) is 17.6. The van der Waals surface area contributed by atoms with Crippen LogP contribution >= 0.6 is 0 Å². The van der Waals surface area contributed by atoms with E-state index in [-0.39, 0.29) is 16.8 Å². The Morgan fingerprint density at radius 1 is 1.21 bits per heavy atom. The van der Waals surface area contributed by atoms with Crippen LogP contribution in [0.2, 0.25) is 0 Å². The molecule has 7 nitrogen and oxygen atoms in total. The number of hydrogen-bond donors (Lipinski definition) is 0. The van der Waals surface area contributed by atoms with E-state index < -0.39 is 9.84 Å². The molecule has 1 aliphatic carbocycles. The Bertz CT molecular complexity index is 728. The van der Waals surface area contributed by atoms with Crippen molar-refractivity contribution in [1.29, 1.82) is 0 Å². The van der Waals surface area contributed by atoms with Crippen LogP contribution in [0.4, 0.5) is 0 Å². The molecule has 0 radical (unpaired) electrons. The predicted octanol–water partition coefficient (Wildman–Crippen LogP) is 2.02. The van der Waals surface area contributed by atoms with Crippen LogP contribution in [0.5, 0.6) is 0 Å². The van der Waals surface area contributed by atoms with E-state index in [0.29, 0.717) is 19.2 Å². The minimum atomic E-state index is -3.39. The van der Waals surface area contributed by atoms with Crippen LogP contribution in [0.3, 0.4) is 0 Å². The highest BCUT2D eigenvalue weighted by atomic mass is 32.2. The van der Waals surface area contributed by atoms with Gasteiger partial charge in [0.2, 0.25) is 15.0 Å². The summed E-state index contributed by atoms with van der Waals surface area (Å²) in [4.78, 5) is 9.14. The van der Waals surface area contributed by atoms with Gasteiger partial charge in [0.05, 0.1) is 24.3 Å². The lowest BCUT2D eigenvalue weighted by Crippen LogP contribution is -2.49. The number of sulfone groups is 1. The summed E-state index contributed by atoms with van der Waals surface area (Å²) < 4.78 is 33.4. The summed E-state index contributed by atoms with van der Waals surface area (Å²) >= 11 is 0. The minimum Gasteiger partial charge on any atom is -0.383 e. The van der Waals surface area contributed by atoms with E-state index in [1.165, 1.54) is 6.42 Å². The van der Waals surface area contributed by atoms with Crippen molar-refractivity contribution in [2.24, 2.45) is 5.92 Å². The van der Waals surface area contributed by atoms with Gasteiger partial charge in [-0.2, -0.15) is 0 Å². The molecule has 160 valence electrons. The average Bonchev–Trinajstić information content (AvgIpc) is 3.07. The quantitative estimate of drug-likeness (QED) is 0.651. The number of methoxy groups -OCH3 is 1. The Hall–Kier alpha value is -0.960. The maximum absolute atomic E-state index is 13.1. The van der Waals surface area contributed by atoms with Crippen molar-refractivity contribution in [3.05, 3.63) is 11.9 Å². The fourth-order valence-corrected chi connectivity index (χ4v) is 6.28. The second-order valence-electron chi connectivity index (χ2n) is 8.53. The van der Waals surface area contributed by atoms with E-state index in [2.05, 4.69) is 28.8 Å². The summed E-state index contributed by atoms with van der Waals surface area (Å²) in [5, 5.41) is 0.229. The Balaban J connectivity index is 1.77. The molecule has 2 fully saturated rings. The van der Waals surface area contributed by atoms with Crippen molar-refractivity contribution in [2.75, 3.05) is 46.2 Å². The summed E-state index contributed by atoms with van der Waals surface area (Å²) in [7, 11) is 0.410. The first kappa shape index (κ1) is 21.7. The van der Waals surface area contributed by atoms with Crippen molar-refractivity contribution >= 4 is 9.84 Å². The molecule has 1 aromatic rings. The minimum absolute atomic E-state index is 0.224. The Morgan fingerprint density at radius 2 is 1.96 bits per heavy atom. The first-order valence-electron chi connectivity index (χ1n) is 10.6. The van der Waals surface area contributed by atoms with Crippen molar-refractivity contribution in [3.8, 4) is 0 Å². The molecule has 0 N–H and O–H groups in total. The number of imidazole rings is 1. The second-order valence-corrected chi connectivity index (χ2v) is 10.5. The maximum Gasteiger partial charge on any atom is 0.227 e. The lowest BCUT2D eigenvalue weighted by Gasteiger charge is -2.37. The number of hydrogen-bond acceptors (Lipinski definition) is 6. The third kappa shape index (κ3) is 5.34. The summed E-state index contributed by atoms with van der Waals surface area (Å²) in [6.07, 6.45) is 7.31. The Morgan fingerprint density at radius 3 is 2.64 bits per heavy atom. The Labute approximate surface area is 170 Å². The van der Waals surface area contributed by atoms with Gasteiger partial charge in [-0.25, -0.2) is 13.4 Å². The van der Waals surface area contributed by atoms with Crippen molar-refractivity contribution in [1.82, 2.24) is 19.4 Å². The highest BCUT2D eigenvalue weighted by molar-refractivity contribution is 7.91. The highest BCUT2D eigenvalue weighted by Gasteiger charge is 2.29. The fourth-order valence-electron chi connectivity index (χ4n) is 4.42. The van der Waals surface area contributed by atoms with Gasteiger partial charge in [0.25, 0.3) is 0 Å². The van der Waals surface area contributed by atoms with Crippen LogP contribution in [0, 0.1) is 5.92 Å². The normalized spacial score (nSPS) is 23.3. The molecule has 2 heterocycles. The molecule has 0 spiro atoms. The van der Waals surface area contributed by atoms with Crippen LogP contribution < -0.4 is 0 Å². The summed E-state index contributed by atoms with van der Waals surface area (Å²) in [6, 6.07) is 0.499. The maximum atomic E-state index is 13.1. The lowest BCUT2D eigenvalue weighted by atomic mass is 9.91. The number of likely N-dealkylation sites (N-methyl/N-ethyl adjacent to an activating group) is 1. The van der Waals surface area contributed by atoms with E-state index in [0.717, 1.165) is 57.6 Å². The van der Waals surface area contributed by atoms with Gasteiger partial charge >= 0.3 is 0 Å². The van der Waals surface area contributed by atoms with E-state index in [9.17, 15) is 8.42 Å². The van der Waals surface area contributed by atoms with Gasteiger partial charge in [-0.1, -0.05) is 19.3 Å². The van der Waals surface area contributed by atoms with Gasteiger partial charge in [-0.15, -0.1) is 0 Å². The number of piperazine rings is 1. The molecule has 0 unspecified atom stereocenters. The van der Waals surface area contributed by atoms with Crippen LogP contribution in [-0.2, 0) is 27.7 Å². The van der Waals surface area contributed by atoms with E-state index in [1.807, 2.05) is 4.57 Å². The third-order valence-corrected chi connectivity index (χ3v) is 8.10. The topological polar surface area (TPSA) is 67.7 Å². The molecule has 1 saturated heterocycles. The molecule has 0 amide bonds. The highest BCUT2D eigenvalue weighted by Crippen LogP contribution is 2.27. The van der Waals surface area contributed by atoms with Gasteiger partial charge < -0.3 is 14.2 Å². The molecule has 1 aliphatic heterocycles. The second kappa shape index (κ2) is 9.69. The molecular formula is C20H36N4O3S. The van der Waals surface area contributed by atoms with Crippen LogP contribution in [0.1, 0.15) is 44.7 Å². The van der Waals surface area contributed by atoms with Gasteiger partial charge in [-0.05, 0) is 32.7 Å². The molecule has 8 heteroatoms. The molecule has 28 heavy (non-hydrogen) atoms. The average molecular weight is 413 g/mol. The standard InChI is InChI=1S/C20H36N4O3S/c1-17-14-23(10-9-22(17)2)15-19-13-21-20(24(19)11-12-27-3)28(25,26)16-18-7-5-4-6-8-18/h13,17-18H,4-12,14-16H2,1-3H3/t17-/m0/s1. The number of rotatable bonds is 8. The molecule has 1 saturated carbocycles. The van der Waals surface area contributed by atoms with Crippen molar-refractivity contribution in [2.45, 2.75) is 63.3 Å². The monoisotopic (exact) mass is 412 g/mol.